The Balaban J connectivity index is 1.72. The van der Waals surface area contributed by atoms with Crippen LogP contribution in [-0.4, -0.2) is 24.0 Å². The number of nitrogens with zero attached hydrogens (tertiary/aromatic N) is 1. The largest absolute Gasteiger partial charge is 0.496 e. The third-order valence-corrected chi connectivity index (χ3v) is 4.48. The fraction of sp³-hybridized carbons (Fsp3) is 0.350. The van der Waals surface area contributed by atoms with E-state index in [4.69, 9.17) is 4.74 Å². The van der Waals surface area contributed by atoms with Crippen molar-refractivity contribution < 1.29 is 22.7 Å². The lowest BCUT2D eigenvalue weighted by Crippen LogP contribution is -2.33. The molecule has 138 valence electrons. The first-order chi connectivity index (χ1) is 12.4. The molecule has 0 aliphatic heterocycles. The zero-order chi connectivity index (χ0) is 18.7. The predicted molar refractivity (Wildman–Crippen MR) is 91.7 cm³/mol. The van der Waals surface area contributed by atoms with E-state index in [1.54, 1.807) is 18.1 Å². The molecular weight excluding hydrogens is 343 g/mol. The number of para-hydroxylation sites is 1. The molecule has 0 spiro atoms. The summed E-state index contributed by atoms with van der Waals surface area (Å²) in [6.07, 6.45) is -2.29. The Bertz CT molecular complexity index is 767. The van der Waals surface area contributed by atoms with Crippen LogP contribution in [0.25, 0.3) is 0 Å². The first-order valence-electron chi connectivity index (χ1n) is 8.46. The molecule has 0 radical (unpaired) electrons. The van der Waals surface area contributed by atoms with Gasteiger partial charge in [0, 0.05) is 18.2 Å². The van der Waals surface area contributed by atoms with Crippen LogP contribution in [0.1, 0.15) is 29.5 Å². The second kappa shape index (κ2) is 7.40. The highest BCUT2D eigenvalue weighted by atomic mass is 19.4. The highest BCUT2D eigenvalue weighted by Crippen LogP contribution is 2.32. The van der Waals surface area contributed by atoms with Gasteiger partial charge in [-0.25, -0.2) is 0 Å². The Kier molecular flexibility index (Phi) is 5.20. The van der Waals surface area contributed by atoms with Gasteiger partial charge < -0.3 is 9.64 Å². The van der Waals surface area contributed by atoms with Gasteiger partial charge in [0.1, 0.15) is 5.75 Å². The van der Waals surface area contributed by atoms with Gasteiger partial charge in [0.05, 0.1) is 19.1 Å². The molecule has 1 aliphatic carbocycles. The SMILES string of the molecule is COc1ccccc1CC(=O)N(Cc1ccc(C(F)(F)F)cc1)C1CC1. The highest BCUT2D eigenvalue weighted by molar-refractivity contribution is 5.80. The highest BCUT2D eigenvalue weighted by Gasteiger charge is 2.33. The second-order valence-corrected chi connectivity index (χ2v) is 6.44. The van der Waals surface area contributed by atoms with E-state index in [1.165, 1.54) is 12.1 Å². The molecule has 1 fully saturated rings. The third-order valence-electron chi connectivity index (χ3n) is 4.48. The van der Waals surface area contributed by atoms with Crippen LogP contribution in [0.5, 0.6) is 5.75 Å². The van der Waals surface area contributed by atoms with Crippen LogP contribution in [-0.2, 0) is 23.9 Å². The molecule has 26 heavy (non-hydrogen) atoms. The lowest BCUT2D eigenvalue weighted by atomic mass is 10.1. The zero-order valence-corrected chi connectivity index (χ0v) is 14.4. The number of rotatable bonds is 6. The van der Waals surface area contributed by atoms with Crippen molar-refractivity contribution >= 4 is 5.91 Å². The Morgan fingerprint density at radius 3 is 2.35 bits per heavy atom. The summed E-state index contributed by atoms with van der Waals surface area (Å²) in [6.45, 7) is 0.316. The minimum absolute atomic E-state index is 0.0445. The molecule has 1 amide bonds. The van der Waals surface area contributed by atoms with E-state index in [-0.39, 0.29) is 18.4 Å². The maximum Gasteiger partial charge on any atom is 0.416 e. The third kappa shape index (κ3) is 4.36. The monoisotopic (exact) mass is 363 g/mol. The molecule has 6 heteroatoms. The molecule has 3 nitrogen and oxygen atoms in total. The van der Waals surface area contributed by atoms with Gasteiger partial charge in [0.25, 0.3) is 0 Å². The van der Waals surface area contributed by atoms with Gasteiger partial charge in [-0.15, -0.1) is 0 Å². The maximum atomic E-state index is 12.8. The van der Waals surface area contributed by atoms with Crippen LogP contribution < -0.4 is 4.74 Å². The molecule has 0 bridgehead atoms. The first-order valence-corrected chi connectivity index (χ1v) is 8.46. The van der Waals surface area contributed by atoms with Crippen molar-refractivity contribution in [3.63, 3.8) is 0 Å². The summed E-state index contributed by atoms with van der Waals surface area (Å²) in [5.74, 6) is 0.614. The van der Waals surface area contributed by atoms with Crippen molar-refractivity contribution in [2.45, 2.75) is 38.0 Å². The Hall–Kier alpha value is -2.50. The molecule has 2 aromatic rings. The minimum Gasteiger partial charge on any atom is -0.496 e. The van der Waals surface area contributed by atoms with Crippen LogP contribution in [0, 0.1) is 0 Å². The van der Waals surface area contributed by atoms with E-state index in [2.05, 4.69) is 0 Å². The van der Waals surface area contributed by atoms with Crippen LogP contribution in [0.4, 0.5) is 13.2 Å². The molecule has 2 aromatic carbocycles. The zero-order valence-electron chi connectivity index (χ0n) is 14.4. The molecule has 0 aromatic heterocycles. The molecule has 0 atom stereocenters. The van der Waals surface area contributed by atoms with Gasteiger partial charge in [-0.05, 0) is 36.6 Å². The average Bonchev–Trinajstić information content (AvgIpc) is 3.44. The molecular formula is C20H20F3NO2. The van der Waals surface area contributed by atoms with Crippen LogP contribution in [0.2, 0.25) is 0 Å². The standard InChI is InChI=1S/C20H20F3NO2/c1-26-18-5-3-2-4-15(18)12-19(25)24(17-10-11-17)13-14-6-8-16(9-7-14)20(21,22)23/h2-9,17H,10-13H2,1H3. The molecule has 0 heterocycles. The fourth-order valence-corrected chi connectivity index (χ4v) is 2.92. The number of carbonyl (C=O) groups is 1. The second-order valence-electron chi connectivity index (χ2n) is 6.44. The van der Waals surface area contributed by atoms with Crippen molar-refractivity contribution in [1.82, 2.24) is 4.90 Å². The van der Waals surface area contributed by atoms with Crippen molar-refractivity contribution in [3.05, 3.63) is 65.2 Å². The van der Waals surface area contributed by atoms with Crippen LogP contribution in [0.3, 0.4) is 0 Å². The normalized spacial score (nSPS) is 14.2. The van der Waals surface area contributed by atoms with Gasteiger partial charge in [0.2, 0.25) is 5.91 Å². The van der Waals surface area contributed by atoms with E-state index in [0.717, 1.165) is 30.5 Å². The minimum atomic E-state index is -4.35. The number of halogens is 3. The molecule has 0 saturated heterocycles. The Morgan fingerprint density at radius 2 is 1.77 bits per heavy atom. The first kappa shape index (κ1) is 18.3. The Labute approximate surface area is 150 Å². The van der Waals surface area contributed by atoms with E-state index < -0.39 is 11.7 Å². The van der Waals surface area contributed by atoms with E-state index in [1.807, 2.05) is 18.2 Å². The van der Waals surface area contributed by atoms with E-state index >= 15 is 0 Å². The van der Waals surface area contributed by atoms with Gasteiger partial charge >= 0.3 is 6.18 Å². The van der Waals surface area contributed by atoms with E-state index in [9.17, 15) is 18.0 Å². The predicted octanol–water partition coefficient (Wildman–Crippen LogP) is 4.45. The summed E-state index contributed by atoms with van der Waals surface area (Å²) in [4.78, 5) is 14.5. The van der Waals surface area contributed by atoms with E-state index in [0.29, 0.717) is 17.9 Å². The lowest BCUT2D eigenvalue weighted by Gasteiger charge is -2.23. The van der Waals surface area contributed by atoms with Crippen LogP contribution >= 0.6 is 0 Å². The Morgan fingerprint density at radius 1 is 1.12 bits per heavy atom. The average molecular weight is 363 g/mol. The summed E-state index contributed by atoms with van der Waals surface area (Å²) in [6, 6.07) is 12.5. The number of amides is 1. The number of benzene rings is 2. The molecule has 0 unspecified atom stereocenters. The van der Waals surface area contributed by atoms with Crippen LogP contribution in [0.15, 0.2) is 48.5 Å². The van der Waals surface area contributed by atoms with Gasteiger partial charge in [-0.1, -0.05) is 30.3 Å². The summed E-state index contributed by atoms with van der Waals surface area (Å²) >= 11 is 0. The van der Waals surface area contributed by atoms with Crippen molar-refractivity contribution in [3.8, 4) is 5.75 Å². The maximum absolute atomic E-state index is 12.8. The van der Waals surface area contributed by atoms with Gasteiger partial charge in [-0.2, -0.15) is 13.2 Å². The van der Waals surface area contributed by atoms with Gasteiger partial charge in [0.15, 0.2) is 0 Å². The van der Waals surface area contributed by atoms with Crippen molar-refractivity contribution in [2.75, 3.05) is 7.11 Å². The number of carbonyl (C=O) groups excluding carboxylic acids is 1. The molecule has 1 saturated carbocycles. The summed E-state index contributed by atoms with van der Waals surface area (Å²) in [5, 5.41) is 0. The van der Waals surface area contributed by atoms with Crippen molar-refractivity contribution in [1.29, 1.82) is 0 Å². The smallest absolute Gasteiger partial charge is 0.416 e. The number of ether oxygens (including phenoxy) is 1. The fourth-order valence-electron chi connectivity index (χ4n) is 2.92. The summed E-state index contributed by atoms with van der Waals surface area (Å²) in [7, 11) is 1.56. The number of methoxy groups -OCH3 is 1. The van der Waals surface area contributed by atoms with Gasteiger partial charge in [-0.3, -0.25) is 4.79 Å². The van der Waals surface area contributed by atoms with Crippen molar-refractivity contribution in [2.24, 2.45) is 0 Å². The number of hydrogen-bond donors (Lipinski definition) is 0. The topological polar surface area (TPSA) is 29.5 Å². The molecule has 1 aliphatic rings. The number of hydrogen-bond acceptors (Lipinski definition) is 2. The number of alkyl halides is 3. The quantitative estimate of drug-likeness (QED) is 0.759. The summed E-state index contributed by atoms with van der Waals surface area (Å²) < 4.78 is 43.3. The molecule has 3 rings (SSSR count). The lowest BCUT2D eigenvalue weighted by molar-refractivity contribution is -0.137. The molecule has 0 N–H and O–H groups in total. The summed E-state index contributed by atoms with van der Waals surface area (Å²) in [5.41, 5.74) is 0.816.